The van der Waals surface area contributed by atoms with E-state index in [0.717, 1.165) is 0 Å². The van der Waals surface area contributed by atoms with Crippen LogP contribution in [0, 0.1) is 0 Å². The number of nitrogens with one attached hydrogen (secondary N) is 1. The van der Waals surface area contributed by atoms with Crippen molar-refractivity contribution in [3.63, 3.8) is 0 Å². The van der Waals surface area contributed by atoms with Crippen LogP contribution in [0.4, 0.5) is 11.4 Å². The van der Waals surface area contributed by atoms with Gasteiger partial charge in [-0.15, -0.1) is 0 Å². The lowest BCUT2D eigenvalue weighted by molar-refractivity contribution is 0.0527. The molecule has 0 aliphatic rings. The Morgan fingerprint density at radius 1 is 1.50 bits per heavy atom. The van der Waals surface area contributed by atoms with Crippen LogP contribution in [-0.4, -0.2) is 29.3 Å². The third-order valence-corrected chi connectivity index (χ3v) is 2.64. The van der Waals surface area contributed by atoms with Gasteiger partial charge in [0, 0.05) is 13.0 Å². The molecule has 0 spiro atoms. The molecule has 0 aliphatic carbocycles. The maximum absolute atomic E-state index is 11.9. The fraction of sp³-hybridized carbons (Fsp3) is 0.308. The first-order valence-corrected chi connectivity index (χ1v) is 6.27. The number of hydrogen-bond acceptors (Lipinski definition) is 7. The summed E-state index contributed by atoms with van der Waals surface area (Å²) < 4.78 is 9.89. The first-order chi connectivity index (χ1) is 9.72. The highest BCUT2D eigenvalue weighted by Crippen LogP contribution is 2.24. The van der Waals surface area contributed by atoms with Crippen molar-refractivity contribution in [3.8, 4) is 0 Å². The van der Waals surface area contributed by atoms with E-state index in [1.807, 2.05) is 0 Å². The molecule has 0 aliphatic heterocycles. The zero-order chi connectivity index (χ0) is 14.4. The number of esters is 1. The maximum Gasteiger partial charge on any atom is 0.340 e. The molecule has 0 bridgehead atoms. The van der Waals surface area contributed by atoms with Crippen molar-refractivity contribution >= 4 is 17.3 Å². The topological polar surface area (TPSA) is 103 Å². The fourth-order valence-electron chi connectivity index (χ4n) is 1.75. The van der Waals surface area contributed by atoms with Crippen molar-refractivity contribution in [1.29, 1.82) is 0 Å². The molecular weight excluding hydrogens is 260 g/mol. The Morgan fingerprint density at radius 3 is 3.05 bits per heavy atom. The van der Waals surface area contributed by atoms with E-state index in [9.17, 15) is 4.79 Å². The minimum atomic E-state index is -0.403. The van der Waals surface area contributed by atoms with E-state index in [-0.39, 0.29) is 0 Å². The number of aromatic nitrogens is 2. The monoisotopic (exact) mass is 276 g/mol. The summed E-state index contributed by atoms with van der Waals surface area (Å²) >= 11 is 0. The van der Waals surface area contributed by atoms with Crippen molar-refractivity contribution in [1.82, 2.24) is 10.1 Å². The number of rotatable bonds is 6. The van der Waals surface area contributed by atoms with Crippen molar-refractivity contribution in [2.75, 3.05) is 24.2 Å². The number of hydrogen-bond donors (Lipinski definition) is 2. The van der Waals surface area contributed by atoms with Gasteiger partial charge in [0.2, 0.25) is 5.89 Å². The second kappa shape index (κ2) is 6.55. The van der Waals surface area contributed by atoms with Crippen molar-refractivity contribution in [3.05, 3.63) is 36.0 Å². The molecule has 2 rings (SSSR count). The minimum Gasteiger partial charge on any atom is -0.462 e. The first kappa shape index (κ1) is 13.9. The summed E-state index contributed by atoms with van der Waals surface area (Å²) in [6.07, 6.45) is 1.88. The number of nitrogens with two attached hydrogens (primary N) is 1. The van der Waals surface area contributed by atoms with Gasteiger partial charge in [0.05, 0.1) is 23.5 Å². The lowest BCUT2D eigenvalue weighted by Gasteiger charge is -2.13. The molecule has 1 aromatic heterocycles. The Balaban J connectivity index is 2.07. The smallest absolute Gasteiger partial charge is 0.340 e. The number of nitrogens with zero attached hydrogens (tertiary/aromatic N) is 2. The number of ether oxygens (including phenoxy) is 1. The Hall–Kier alpha value is -2.57. The highest BCUT2D eigenvalue weighted by Gasteiger charge is 2.14. The zero-order valence-corrected chi connectivity index (χ0v) is 11.1. The standard InChI is InChI=1S/C13H16N4O3/c1-2-19-13(18)9-4-3-5-10(14)12(9)15-7-6-11-16-8-17-20-11/h3-5,8,15H,2,6-7,14H2,1H3. The Bertz CT molecular complexity index is 569. The van der Waals surface area contributed by atoms with Gasteiger partial charge < -0.3 is 20.3 Å². The molecule has 1 aromatic carbocycles. The lowest BCUT2D eigenvalue weighted by atomic mass is 10.1. The number of nitrogen functional groups attached to an aromatic ring is 1. The highest BCUT2D eigenvalue weighted by molar-refractivity contribution is 5.98. The Morgan fingerprint density at radius 2 is 2.35 bits per heavy atom. The van der Waals surface area contributed by atoms with Gasteiger partial charge in [0.25, 0.3) is 0 Å². The quantitative estimate of drug-likeness (QED) is 0.608. The van der Waals surface area contributed by atoms with E-state index in [1.54, 1.807) is 25.1 Å². The Kier molecular flexibility index (Phi) is 4.54. The summed E-state index contributed by atoms with van der Waals surface area (Å²) in [6, 6.07) is 5.10. The lowest BCUT2D eigenvalue weighted by Crippen LogP contribution is -2.13. The molecule has 0 saturated carbocycles. The number of anilines is 2. The Labute approximate surface area is 116 Å². The van der Waals surface area contributed by atoms with E-state index in [0.29, 0.717) is 42.4 Å². The zero-order valence-electron chi connectivity index (χ0n) is 11.1. The molecule has 0 unspecified atom stereocenters. The molecule has 2 aromatic rings. The van der Waals surface area contributed by atoms with Crippen LogP contribution in [0.25, 0.3) is 0 Å². The average Bonchev–Trinajstić information content (AvgIpc) is 2.94. The summed E-state index contributed by atoms with van der Waals surface area (Å²) in [5.74, 6) is 0.116. The van der Waals surface area contributed by atoms with Gasteiger partial charge >= 0.3 is 5.97 Å². The first-order valence-electron chi connectivity index (χ1n) is 6.27. The average molecular weight is 276 g/mol. The van der Waals surface area contributed by atoms with Crippen LogP contribution in [0.5, 0.6) is 0 Å². The fourth-order valence-corrected chi connectivity index (χ4v) is 1.75. The summed E-state index contributed by atoms with van der Waals surface area (Å²) in [5.41, 5.74) is 7.36. The molecule has 20 heavy (non-hydrogen) atoms. The molecule has 0 saturated heterocycles. The SMILES string of the molecule is CCOC(=O)c1cccc(N)c1NCCc1ncno1. The van der Waals surface area contributed by atoms with Crippen LogP contribution in [0.3, 0.4) is 0 Å². The largest absolute Gasteiger partial charge is 0.462 e. The molecule has 106 valence electrons. The molecule has 0 fully saturated rings. The molecule has 3 N–H and O–H groups in total. The van der Waals surface area contributed by atoms with E-state index in [4.69, 9.17) is 15.0 Å². The number of carbonyl (C=O) groups is 1. The van der Waals surface area contributed by atoms with Crippen molar-refractivity contribution in [2.45, 2.75) is 13.3 Å². The van der Waals surface area contributed by atoms with Crippen LogP contribution in [0.1, 0.15) is 23.2 Å². The van der Waals surface area contributed by atoms with Crippen LogP contribution in [-0.2, 0) is 11.2 Å². The minimum absolute atomic E-state index is 0.315. The molecule has 7 heteroatoms. The van der Waals surface area contributed by atoms with Crippen molar-refractivity contribution in [2.24, 2.45) is 0 Å². The second-order valence-electron chi connectivity index (χ2n) is 4.00. The van der Waals surface area contributed by atoms with Crippen LogP contribution in [0.15, 0.2) is 29.0 Å². The van der Waals surface area contributed by atoms with Gasteiger partial charge in [0.15, 0.2) is 6.33 Å². The molecule has 7 nitrogen and oxygen atoms in total. The van der Waals surface area contributed by atoms with Gasteiger partial charge in [-0.05, 0) is 19.1 Å². The van der Waals surface area contributed by atoms with E-state index in [1.165, 1.54) is 6.33 Å². The van der Waals surface area contributed by atoms with Gasteiger partial charge in [0.1, 0.15) is 0 Å². The summed E-state index contributed by atoms with van der Waals surface area (Å²) in [4.78, 5) is 15.8. The number of para-hydroxylation sites is 1. The molecule has 0 radical (unpaired) electrons. The van der Waals surface area contributed by atoms with Crippen LogP contribution in [0.2, 0.25) is 0 Å². The summed E-state index contributed by atoms with van der Waals surface area (Å²) in [5, 5.41) is 6.63. The van der Waals surface area contributed by atoms with Gasteiger partial charge in [-0.3, -0.25) is 0 Å². The predicted molar refractivity (Wildman–Crippen MR) is 73.3 cm³/mol. The summed E-state index contributed by atoms with van der Waals surface area (Å²) in [7, 11) is 0. The third kappa shape index (κ3) is 3.25. The highest BCUT2D eigenvalue weighted by atomic mass is 16.5. The number of benzene rings is 1. The van der Waals surface area contributed by atoms with Crippen LogP contribution >= 0.6 is 0 Å². The predicted octanol–water partition coefficient (Wildman–Crippen LogP) is 1.48. The maximum atomic E-state index is 11.9. The third-order valence-electron chi connectivity index (χ3n) is 2.64. The summed E-state index contributed by atoms with van der Waals surface area (Å²) in [6.45, 7) is 2.59. The second-order valence-corrected chi connectivity index (χ2v) is 4.00. The molecule has 0 amide bonds. The van der Waals surface area contributed by atoms with Gasteiger partial charge in [-0.2, -0.15) is 4.98 Å². The molecule has 0 atom stereocenters. The van der Waals surface area contributed by atoms with Gasteiger partial charge in [-0.1, -0.05) is 11.2 Å². The van der Waals surface area contributed by atoms with E-state index in [2.05, 4.69) is 15.5 Å². The molecular formula is C13H16N4O3. The van der Waals surface area contributed by atoms with Crippen molar-refractivity contribution < 1.29 is 14.1 Å². The normalized spacial score (nSPS) is 10.2. The number of carbonyl (C=O) groups excluding carboxylic acids is 1. The molecule has 1 heterocycles. The van der Waals surface area contributed by atoms with E-state index < -0.39 is 5.97 Å². The van der Waals surface area contributed by atoms with Gasteiger partial charge in [-0.25, -0.2) is 4.79 Å². The van der Waals surface area contributed by atoms with E-state index >= 15 is 0 Å². The van der Waals surface area contributed by atoms with Crippen LogP contribution < -0.4 is 11.1 Å².